The van der Waals surface area contributed by atoms with E-state index < -0.39 is 22.6 Å². The van der Waals surface area contributed by atoms with Crippen molar-refractivity contribution in [1.29, 1.82) is 0 Å². The molecule has 0 unspecified atom stereocenters. The molecule has 136 valence electrons. The number of ether oxygens (including phenoxy) is 1. The third-order valence-electron chi connectivity index (χ3n) is 3.99. The van der Waals surface area contributed by atoms with Gasteiger partial charge >= 0.3 is 5.97 Å². The van der Waals surface area contributed by atoms with Crippen molar-refractivity contribution in [2.75, 3.05) is 18.1 Å². The predicted octanol–water partition coefficient (Wildman–Crippen LogP) is 1.73. The summed E-state index contributed by atoms with van der Waals surface area (Å²) in [5.74, 6) is -1.20. The second kappa shape index (κ2) is 7.06. The Morgan fingerprint density at radius 1 is 1.19 bits per heavy atom. The van der Waals surface area contributed by atoms with Gasteiger partial charge in [-0.05, 0) is 36.2 Å². The van der Waals surface area contributed by atoms with E-state index in [9.17, 15) is 18.0 Å². The van der Waals surface area contributed by atoms with Gasteiger partial charge in [-0.1, -0.05) is 29.8 Å². The Morgan fingerprint density at radius 2 is 1.92 bits per heavy atom. The standard InChI is InChI=1S/C17H15ClN2O5S/c18-13-6-5-12(9-15(13)26(19,23)24)17(22)25-10-16(21)20-8-7-11-3-1-2-4-14(11)20/h1-6,9H,7-8,10H2,(H2,19,23,24). The summed E-state index contributed by atoms with van der Waals surface area (Å²) in [4.78, 5) is 25.6. The summed E-state index contributed by atoms with van der Waals surface area (Å²) in [7, 11) is -4.08. The Bertz CT molecular complexity index is 990. The van der Waals surface area contributed by atoms with E-state index in [2.05, 4.69) is 0 Å². The summed E-state index contributed by atoms with van der Waals surface area (Å²) in [6, 6.07) is 11.1. The molecule has 0 saturated heterocycles. The van der Waals surface area contributed by atoms with Crippen molar-refractivity contribution in [2.45, 2.75) is 11.3 Å². The van der Waals surface area contributed by atoms with Gasteiger partial charge in [-0.3, -0.25) is 4.79 Å². The summed E-state index contributed by atoms with van der Waals surface area (Å²) in [6.07, 6.45) is 0.741. The highest BCUT2D eigenvalue weighted by molar-refractivity contribution is 7.89. The maximum atomic E-state index is 12.3. The SMILES string of the molecule is NS(=O)(=O)c1cc(C(=O)OCC(=O)N2CCc3ccccc32)ccc1Cl. The summed E-state index contributed by atoms with van der Waals surface area (Å²) >= 11 is 5.77. The minimum Gasteiger partial charge on any atom is -0.452 e. The number of carbonyl (C=O) groups excluding carboxylic acids is 2. The van der Waals surface area contributed by atoms with E-state index in [1.165, 1.54) is 12.1 Å². The smallest absolute Gasteiger partial charge is 0.338 e. The lowest BCUT2D eigenvalue weighted by Crippen LogP contribution is -2.33. The largest absolute Gasteiger partial charge is 0.452 e. The molecule has 2 aromatic rings. The van der Waals surface area contributed by atoms with E-state index in [1.807, 2.05) is 24.3 Å². The highest BCUT2D eigenvalue weighted by Crippen LogP contribution is 2.27. The Kier molecular flexibility index (Phi) is 4.99. The average molecular weight is 395 g/mol. The van der Waals surface area contributed by atoms with E-state index in [-0.39, 0.29) is 21.4 Å². The fraction of sp³-hybridized carbons (Fsp3) is 0.176. The lowest BCUT2D eigenvalue weighted by Gasteiger charge is -2.17. The number of esters is 1. The predicted molar refractivity (Wildman–Crippen MR) is 95.6 cm³/mol. The number of fused-ring (bicyclic) bond motifs is 1. The van der Waals surface area contributed by atoms with Crippen molar-refractivity contribution < 1.29 is 22.7 Å². The van der Waals surface area contributed by atoms with Gasteiger partial charge in [-0.25, -0.2) is 18.4 Å². The van der Waals surface area contributed by atoms with Crippen molar-refractivity contribution in [3.05, 3.63) is 58.6 Å². The van der Waals surface area contributed by atoms with Crippen molar-refractivity contribution in [3.63, 3.8) is 0 Å². The topological polar surface area (TPSA) is 107 Å². The third-order valence-corrected chi connectivity index (χ3v) is 5.38. The number of hydrogen-bond donors (Lipinski definition) is 1. The van der Waals surface area contributed by atoms with Crippen LogP contribution in [0.3, 0.4) is 0 Å². The first-order valence-electron chi connectivity index (χ1n) is 7.65. The molecule has 0 radical (unpaired) electrons. The first-order valence-corrected chi connectivity index (χ1v) is 9.57. The van der Waals surface area contributed by atoms with Crippen LogP contribution in [0.15, 0.2) is 47.4 Å². The molecule has 1 aliphatic heterocycles. The van der Waals surface area contributed by atoms with Crippen LogP contribution in [0.4, 0.5) is 5.69 Å². The van der Waals surface area contributed by atoms with Crippen LogP contribution < -0.4 is 10.0 Å². The monoisotopic (exact) mass is 394 g/mol. The number of nitrogens with two attached hydrogens (primary N) is 1. The van der Waals surface area contributed by atoms with Crippen molar-refractivity contribution in [2.24, 2.45) is 5.14 Å². The van der Waals surface area contributed by atoms with Gasteiger partial charge in [-0.2, -0.15) is 0 Å². The van der Waals surface area contributed by atoms with Gasteiger partial charge in [0.25, 0.3) is 5.91 Å². The zero-order chi connectivity index (χ0) is 18.9. The van der Waals surface area contributed by atoms with Crippen LogP contribution >= 0.6 is 11.6 Å². The quantitative estimate of drug-likeness (QED) is 0.795. The zero-order valence-corrected chi connectivity index (χ0v) is 15.1. The number of anilines is 1. The molecule has 0 spiro atoms. The molecule has 2 aromatic carbocycles. The number of para-hydroxylation sites is 1. The Labute approximate surface area is 155 Å². The number of rotatable bonds is 4. The molecule has 1 heterocycles. The van der Waals surface area contributed by atoms with Crippen LogP contribution in [-0.4, -0.2) is 33.4 Å². The van der Waals surface area contributed by atoms with Gasteiger partial charge in [0.15, 0.2) is 6.61 Å². The number of primary sulfonamides is 1. The summed E-state index contributed by atoms with van der Waals surface area (Å²) in [6.45, 7) is 0.0622. The number of amides is 1. The molecule has 9 heteroatoms. The molecular weight excluding hydrogens is 380 g/mol. The molecule has 1 aliphatic rings. The number of nitrogens with zero attached hydrogens (tertiary/aromatic N) is 1. The summed E-state index contributed by atoms with van der Waals surface area (Å²) in [5, 5.41) is 4.95. The highest BCUT2D eigenvalue weighted by Gasteiger charge is 2.25. The van der Waals surface area contributed by atoms with Crippen molar-refractivity contribution >= 4 is 39.2 Å². The van der Waals surface area contributed by atoms with Gasteiger partial charge in [0.05, 0.1) is 10.6 Å². The maximum absolute atomic E-state index is 12.3. The first-order chi connectivity index (χ1) is 12.3. The Morgan fingerprint density at radius 3 is 2.65 bits per heavy atom. The van der Waals surface area contributed by atoms with Gasteiger partial charge in [-0.15, -0.1) is 0 Å². The van der Waals surface area contributed by atoms with E-state index >= 15 is 0 Å². The van der Waals surface area contributed by atoms with Crippen LogP contribution in [0.25, 0.3) is 0 Å². The van der Waals surface area contributed by atoms with Crippen molar-refractivity contribution in [1.82, 2.24) is 0 Å². The Balaban J connectivity index is 1.69. The van der Waals surface area contributed by atoms with E-state index in [4.69, 9.17) is 21.5 Å². The van der Waals surface area contributed by atoms with Crippen LogP contribution in [-0.2, 0) is 26.0 Å². The van der Waals surface area contributed by atoms with Crippen molar-refractivity contribution in [3.8, 4) is 0 Å². The highest BCUT2D eigenvalue weighted by atomic mass is 35.5. The molecule has 0 bridgehead atoms. The van der Waals surface area contributed by atoms with E-state index in [0.29, 0.717) is 6.54 Å². The van der Waals surface area contributed by atoms with E-state index in [0.717, 1.165) is 23.7 Å². The molecule has 0 saturated carbocycles. The van der Waals surface area contributed by atoms with Crippen LogP contribution in [0, 0.1) is 0 Å². The molecule has 0 aliphatic carbocycles. The van der Waals surface area contributed by atoms with Gasteiger partial charge in [0.1, 0.15) is 4.90 Å². The van der Waals surface area contributed by atoms with Gasteiger partial charge < -0.3 is 9.64 Å². The number of benzene rings is 2. The normalized spacial score (nSPS) is 13.4. The first kappa shape index (κ1) is 18.4. The molecule has 7 nitrogen and oxygen atoms in total. The lowest BCUT2D eigenvalue weighted by molar-refractivity contribution is -0.121. The van der Waals surface area contributed by atoms with Crippen LogP contribution in [0.2, 0.25) is 5.02 Å². The molecule has 0 aromatic heterocycles. The molecular formula is C17H15ClN2O5S. The maximum Gasteiger partial charge on any atom is 0.338 e. The Hall–Kier alpha value is -2.42. The fourth-order valence-corrected chi connectivity index (χ4v) is 3.81. The number of carbonyl (C=O) groups is 2. The lowest BCUT2D eigenvalue weighted by atomic mass is 10.2. The molecule has 1 amide bonds. The molecule has 26 heavy (non-hydrogen) atoms. The summed E-state index contributed by atoms with van der Waals surface area (Å²) in [5.41, 5.74) is 1.80. The minimum absolute atomic E-state index is 0.0620. The fourth-order valence-electron chi connectivity index (χ4n) is 2.73. The van der Waals surface area contributed by atoms with Gasteiger partial charge in [0.2, 0.25) is 10.0 Å². The number of halogens is 1. The van der Waals surface area contributed by atoms with Crippen LogP contribution in [0.1, 0.15) is 15.9 Å². The third kappa shape index (κ3) is 3.72. The second-order valence-electron chi connectivity index (χ2n) is 5.69. The molecule has 0 atom stereocenters. The van der Waals surface area contributed by atoms with Gasteiger partial charge in [0, 0.05) is 12.2 Å². The molecule has 0 fully saturated rings. The summed E-state index contributed by atoms with van der Waals surface area (Å²) < 4.78 is 27.9. The number of hydrogen-bond acceptors (Lipinski definition) is 5. The number of sulfonamides is 1. The molecule has 3 rings (SSSR count). The van der Waals surface area contributed by atoms with E-state index in [1.54, 1.807) is 4.90 Å². The second-order valence-corrected chi connectivity index (χ2v) is 7.63. The van der Waals surface area contributed by atoms with Crippen LogP contribution in [0.5, 0.6) is 0 Å². The zero-order valence-electron chi connectivity index (χ0n) is 13.5. The molecule has 2 N–H and O–H groups in total. The average Bonchev–Trinajstić information content (AvgIpc) is 3.03. The minimum atomic E-state index is -4.08.